The fourth-order valence-electron chi connectivity index (χ4n) is 5.33. The van der Waals surface area contributed by atoms with Gasteiger partial charge in [0.1, 0.15) is 12.3 Å². The third kappa shape index (κ3) is 4.19. The Morgan fingerprint density at radius 2 is 1.54 bits per heavy atom. The molecule has 1 atom stereocenters. The van der Waals surface area contributed by atoms with Crippen LogP contribution in [-0.2, 0) is 13.2 Å². The monoisotopic (exact) mass is 485 g/mol. The highest BCUT2D eigenvalue weighted by Gasteiger charge is 2.35. The summed E-state index contributed by atoms with van der Waals surface area (Å²) < 4.78 is 10.6. The Morgan fingerprint density at radius 3 is 2.16 bits per heavy atom. The molecule has 0 saturated carbocycles. The number of imidazole rings is 1. The first-order valence-corrected chi connectivity index (χ1v) is 12.4. The Morgan fingerprint density at radius 1 is 0.919 bits per heavy atom. The van der Waals surface area contributed by atoms with Crippen LogP contribution in [0.25, 0.3) is 17.6 Å². The maximum atomic E-state index is 13.2. The zero-order chi connectivity index (χ0) is 25.2. The average Bonchev–Trinajstić information content (AvgIpc) is 3.37. The molecule has 6 rings (SSSR count). The Balaban J connectivity index is 1.55. The van der Waals surface area contributed by atoms with Crippen molar-refractivity contribution in [3.05, 3.63) is 149 Å². The fourth-order valence-corrected chi connectivity index (χ4v) is 5.33. The number of rotatable bonds is 7. The number of benzene rings is 3. The van der Waals surface area contributed by atoms with Gasteiger partial charge in [0, 0.05) is 24.7 Å². The molecule has 1 aliphatic heterocycles. The van der Waals surface area contributed by atoms with E-state index in [1.807, 2.05) is 60.9 Å². The molecular formula is C32H27N3O2. The molecule has 0 spiro atoms. The first kappa shape index (κ1) is 22.8. The van der Waals surface area contributed by atoms with Gasteiger partial charge in [-0.05, 0) is 22.8 Å². The van der Waals surface area contributed by atoms with Crippen LogP contribution in [0.5, 0.6) is 5.75 Å². The van der Waals surface area contributed by atoms with Gasteiger partial charge in [-0.15, -0.1) is 0 Å². The first-order valence-electron chi connectivity index (χ1n) is 12.4. The van der Waals surface area contributed by atoms with Crippen molar-refractivity contribution >= 4 is 6.08 Å². The largest absolute Gasteiger partial charge is 0.483 e. The van der Waals surface area contributed by atoms with Gasteiger partial charge in [-0.25, -0.2) is 4.98 Å². The Bertz CT molecular complexity index is 1550. The summed E-state index contributed by atoms with van der Waals surface area (Å²) in [5, 5.41) is 0. The van der Waals surface area contributed by atoms with Crippen molar-refractivity contribution in [3.63, 3.8) is 0 Å². The minimum Gasteiger partial charge on any atom is -0.483 e. The minimum absolute atomic E-state index is 0.0279. The Labute approximate surface area is 215 Å². The van der Waals surface area contributed by atoms with Crippen LogP contribution in [0.2, 0.25) is 0 Å². The van der Waals surface area contributed by atoms with Crippen LogP contribution in [0.15, 0.2) is 121 Å². The summed E-state index contributed by atoms with van der Waals surface area (Å²) in [6, 6.07) is 32.5. The number of aromatic nitrogens is 3. The highest BCUT2D eigenvalue weighted by atomic mass is 16.5. The molecule has 2 aromatic heterocycles. The van der Waals surface area contributed by atoms with Crippen LogP contribution in [0.1, 0.15) is 34.3 Å². The van der Waals surface area contributed by atoms with Gasteiger partial charge in [-0.3, -0.25) is 4.79 Å². The first-order chi connectivity index (χ1) is 18.2. The summed E-state index contributed by atoms with van der Waals surface area (Å²) in [5.41, 5.74) is 4.87. The molecule has 0 saturated heterocycles. The Kier molecular flexibility index (Phi) is 6.03. The van der Waals surface area contributed by atoms with Crippen molar-refractivity contribution in [1.82, 2.24) is 14.1 Å². The van der Waals surface area contributed by atoms with E-state index < -0.39 is 0 Å². The number of hydrogen-bond acceptors (Lipinski definition) is 3. The second-order valence-electron chi connectivity index (χ2n) is 9.23. The van der Waals surface area contributed by atoms with E-state index in [1.54, 1.807) is 6.07 Å². The van der Waals surface area contributed by atoms with Gasteiger partial charge in [-0.1, -0.05) is 97.6 Å². The molecule has 5 aromatic rings. The molecule has 0 N–H and O–H groups in total. The molecule has 3 aromatic carbocycles. The third-order valence-electron chi connectivity index (χ3n) is 7.05. The molecular weight excluding hydrogens is 458 g/mol. The van der Waals surface area contributed by atoms with E-state index in [1.165, 1.54) is 11.1 Å². The molecule has 0 amide bonds. The predicted octanol–water partition coefficient (Wildman–Crippen LogP) is 6.32. The van der Waals surface area contributed by atoms with Crippen LogP contribution in [0.4, 0.5) is 0 Å². The molecule has 37 heavy (non-hydrogen) atoms. The predicted molar refractivity (Wildman–Crippen MR) is 147 cm³/mol. The number of pyridine rings is 1. The number of ether oxygens (including phenoxy) is 1. The van der Waals surface area contributed by atoms with Gasteiger partial charge in [-0.2, -0.15) is 0 Å². The molecule has 0 aliphatic carbocycles. The second kappa shape index (κ2) is 9.78. The smallest absolute Gasteiger partial charge is 0.224 e. The second-order valence-corrected chi connectivity index (χ2v) is 9.23. The van der Waals surface area contributed by atoms with Crippen LogP contribution < -0.4 is 10.2 Å². The summed E-state index contributed by atoms with van der Waals surface area (Å²) in [7, 11) is 0. The van der Waals surface area contributed by atoms with Crippen LogP contribution in [0.3, 0.4) is 0 Å². The summed E-state index contributed by atoms with van der Waals surface area (Å²) in [6.07, 6.45) is 5.52. The van der Waals surface area contributed by atoms with Gasteiger partial charge in [0.05, 0.1) is 17.9 Å². The maximum absolute atomic E-state index is 13.2. The van der Waals surface area contributed by atoms with E-state index in [9.17, 15) is 4.79 Å². The number of hydrogen-bond donors (Lipinski definition) is 0. The van der Waals surface area contributed by atoms with Crippen LogP contribution >= 0.6 is 0 Å². The third-order valence-corrected chi connectivity index (χ3v) is 7.05. The SMILES string of the molecule is C=Cc1cnc2n1C[C@H](C(c1ccccc1)c1ccccc1)n1ccc(=O)c(OCc3ccccc3)c1-2. The van der Waals surface area contributed by atoms with Crippen LogP contribution in [-0.4, -0.2) is 14.1 Å². The summed E-state index contributed by atoms with van der Waals surface area (Å²) in [6.45, 7) is 4.99. The summed E-state index contributed by atoms with van der Waals surface area (Å²) in [4.78, 5) is 17.9. The number of fused-ring (bicyclic) bond motifs is 3. The summed E-state index contributed by atoms with van der Waals surface area (Å²) >= 11 is 0. The molecule has 0 bridgehead atoms. The molecule has 1 aliphatic rings. The topological polar surface area (TPSA) is 49.0 Å². The van der Waals surface area contributed by atoms with Crippen LogP contribution in [0, 0.1) is 0 Å². The quantitative estimate of drug-likeness (QED) is 0.271. The van der Waals surface area contributed by atoms with Crippen molar-refractivity contribution in [1.29, 1.82) is 0 Å². The van der Waals surface area contributed by atoms with E-state index in [0.717, 1.165) is 11.3 Å². The van der Waals surface area contributed by atoms with Crippen molar-refractivity contribution < 1.29 is 4.74 Å². The lowest BCUT2D eigenvalue weighted by atomic mass is 9.83. The standard InChI is InChI=1S/C32H27N3O2/c1-2-26-20-33-32-30-31(37-22-23-12-6-3-7-13-23)28(36)18-19-34(30)27(21-35(26)32)29(24-14-8-4-9-15-24)25-16-10-5-11-17-25/h2-20,27,29H,1,21-22H2/t27-/m1/s1. The molecule has 0 unspecified atom stereocenters. The highest BCUT2D eigenvalue weighted by molar-refractivity contribution is 5.64. The van der Waals surface area contributed by atoms with Gasteiger partial charge >= 0.3 is 0 Å². The van der Waals surface area contributed by atoms with E-state index in [2.05, 4.69) is 64.2 Å². The Hall–Kier alpha value is -4.64. The molecule has 0 fully saturated rings. The number of nitrogens with zero attached hydrogens (tertiary/aromatic N) is 3. The van der Waals surface area contributed by atoms with Crippen molar-refractivity contribution in [2.75, 3.05) is 0 Å². The molecule has 182 valence electrons. The van der Waals surface area contributed by atoms with E-state index in [-0.39, 0.29) is 17.4 Å². The van der Waals surface area contributed by atoms with Crippen molar-refractivity contribution in [3.8, 4) is 17.3 Å². The maximum Gasteiger partial charge on any atom is 0.224 e. The van der Waals surface area contributed by atoms with Crippen molar-refractivity contribution in [2.24, 2.45) is 0 Å². The lowest BCUT2D eigenvalue weighted by molar-refractivity contribution is 0.293. The molecule has 3 heterocycles. The zero-order valence-electron chi connectivity index (χ0n) is 20.4. The van der Waals surface area contributed by atoms with Gasteiger partial charge in [0.2, 0.25) is 5.43 Å². The average molecular weight is 486 g/mol. The van der Waals surface area contributed by atoms with Gasteiger partial charge in [0.15, 0.2) is 11.6 Å². The van der Waals surface area contributed by atoms with Gasteiger partial charge < -0.3 is 13.9 Å². The summed E-state index contributed by atoms with van der Waals surface area (Å²) in [5.74, 6) is 1.07. The lowest BCUT2D eigenvalue weighted by Crippen LogP contribution is -2.31. The molecule has 5 heteroatoms. The van der Waals surface area contributed by atoms with E-state index in [4.69, 9.17) is 9.72 Å². The fraction of sp³-hybridized carbons (Fsp3) is 0.125. The molecule has 5 nitrogen and oxygen atoms in total. The van der Waals surface area contributed by atoms with Crippen molar-refractivity contribution in [2.45, 2.75) is 25.1 Å². The normalized spacial score (nSPS) is 14.1. The lowest BCUT2D eigenvalue weighted by Gasteiger charge is -2.36. The molecule has 0 radical (unpaired) electrons. The van der Waals surface area contributed by atoms with E-state index in [0.29, 0.717) is 30.4 Å². The zero-order valence-corrected chi connectivity index (χ0v) is 20.4. The van der Waals surface area contributed by atoms with E-state index >= 15 is 0 Å². The minimum atomic E-state index is -0.159. The highest BCUT2D eigenvalue weighted by Crippen LogP contribution is 2.44. The van der Waals surface area contributed by atoms with Gasteiger partial charge in [0.25, 0.3) is 0 Å².